The van der Waals surface area contributed by atoms with Crippen LogP contribution in [0.15, 0.2) is 18.3 Å². The third-order valence-electron chi connectivity index (χ3n) is 1.47. The smallest absolute Gasteiger partial charge is 0.135 e. The first-order valence-electron chi connectivity index (χ1n) is 3.71. The van der Waals surface area contributed by atoms with Gasteiger partial charge in [0.25, 0.3) is 0 Å². The molecule has 0 amide bonds. The summed E-state index contributed by atoms with van der Waals surface area (Å²) in [6.45, 7) is 1.55. The van der Waals surface area contributed by atoms with Crippen molar-refractivity contribution in [2.75, 3.05) is 0 Å². The molecule has 0 saturated carbocycles. The zero-order valence-electron chi connectivity index (χ0n) is 6.88. The van der Waals surface area contributed by atoms with E-state index in [9.17, 15) is 4.79 Å². The monoisotopic (exact) mass is 183 g/mol. The number of hydrogen-bond donors (Lipinski definition) is 0. The lowest BCUT2D eigenvalue weighted by Gasteiger charge is -1.98. The molecule has 0 unspecified atom stereocenters. The highest BCUT2D eigenvalue weighted by atomic mass is 35.5. The molecule has 1 rings (SSSR count). The lowest BCUT2D eigenvalue weighted by Crippen LogP contribution is -1.99. The minimum atomic E-state index is 0.120. The first-order valence-corrected chi connectivity index (χ1v) is 4.25. The number of aromatic nitrogens is 1. The SMILES string of the molecule is CC(=O)Cc1cc(CCl)ccn1. The highest BCUT2D eigenvalue weighted by Gasteiger charge is 1.99. The van der Waals surface area contributed by atoms with Gasteiger partial charge >= 0.3 is 0 Å². The van der Waals surface area contributed by atoms with Crippen LogP contribution in [0.5, 0.6) is 0 Å². The third-order valence-corrected chi connectivity index (χ3v) is 1.77. The quantitative estimate of drug-likeness (QED) is 0.671. The van der Waals surface area contributed by atoms with E-state index >= 15 is 0 Å². The normalized spacial score (nSPS) is 9.83. The predicted octanol–water partition coefficient (Wildman–Crippen LogP) is 1.95. The number of carbonyl (C=O) groups excluding carboxylic acids is 1. The van der Waals surface area contributed by atoms with Crippen LogP contribution < -0.4 is 0 Å². The van der Waals surface area contributed by atoms with Crippen LogP contribution in [0.25, 0.3) is 0 Å². The molecule has 1 aromatic heterocycles. The highest BCUT2D eigenvalue weighted by molar-refractivity contribution is 6.17. The van der Waals surface area contributed by atoms with Crippen LogP contribution in [0.2, 0.25) is 0 Å². The second-order valence-corrected chi connectivity index (χ2v) is 2.94. The van der Waals surface area contributed by atoms with Gasteiger partial charge in [-0.1, -0.05) is 0 Å². The second-order valence-electron chi connectivity index (χ2n) is 2.67. The molecule has 0 N–H and O–H groups in total. The van der Waals surface area contributed by atoms with E-state index in [0.717, 1.165) is 11.3 Å². The molecule has 1 aromatic rings. The van der Waals surface area contributed by atoms with Crippen LogP contribution in [-0.4, -0.2) is 10.8 Å². The van der Waals surface area contributed by atoms with E-state index in [1.165, 1.54) is 0 Å². The number of rotatable bonds is 3. The lowest BCUT2D eigenvalue weighted by molar-refractivity contribution is -0.116. The van der Waals surface area contributed by atoms with Gasteiger partial charge in [-0.05, 0) is 24.6 Å². The Balaban J connectivity index is 2.79. The van der Waals surface area contributed by atoms with Gasteiger partial charge in [0.05, 0.1) is 0 Å². The Labute approximate surface area is 76.6 Å². The van der Waals surface area contributed by atoms with Gasteiger partial charge in [0.15, 0.2) is 0 Å². The molecule has 2 nitrogen and oxygen atoms in total. The van der Waals surface area contributed by atoms with Crippen LogP contribution in [0.1, 0.15) is 18.2 Å². The van der Waals surface area contributed by atoms with Crippen LogP contribution in [0.3, 0.4) is 0 Å². The maximum atomic E-state index is 10.7. The topological polar surface area (TPSA) is 30.0 Å². The summed E-state index contributed by atoms with van der Waals surface area (Å²) in [6.07, 6.45) is 2.07. The van der Waals surface area contributed by atoms with Crippen molar-refractivity contribution in [3.05, 3.63) is 29.6 Å². The molecular formula is C9H10ClNO. The number of hydrogen-bond acceptors (Lipinski definition) is 2. The average Bonchev–Trinajstić information content (AvgIpc) is 2.03. The molecule has 64 valence electrons. The van der Waals surface area contributed by atoms with Gasteiger partial charge in [0.1, 0.15) is 5.78 Å². The Morgan fingerprint density at radius 2 is 2.42 bits per heavy atom. The van der Waals surface area contributed by atoms with E-state index in [-0.39, 0.29) is 5.78 Å². The molecule has 0 aliphatic carbocycles. The number of alkyl halides is 1. The fourth-order valence-corrected chi connectivity index (χ4v) is 1.13. The molecule has 0 aliphatic rings. The maximum absolute atomic E-state index is 10.7. The van der Waals surface area contributed by atoms with Crippen LogP contribution >= 0.6 is 11.6 Å². The van der Waals surface area contributed by atoms with Gasteiger partial charge in [-0.25, -0.2) is 0 Å². The van der Waals surface area contributed by atoms with Crippen molar-refractivity contribution in [3.8, 4) is 0 Å². The van der Waals surface area contributed by atoms with Crippen molar-refractivity contribution in [1.29, 1.82) is 0 Å². The average molecular weight is 184 g/mol. The van der Waals surface area contributed by atoms with Crippen molar-refractivity contribution in [2.24, 2.45) is 0 Å². The summed E-state index contributed by atoms with van der Waals surface area (Å²) >= 11 is 5.62. The predicted molar refractivity (Wildman–Crippen MR) is 48.2 cm³/mol. The minimum Gasteiger partial charge on any atom is -0.300 e. The maximum Gasteiger partial charge on any atom is 0.135 e. The molecular weight excluding hydrogens is 174 g/mol. The van der Waals surface area contributed by atoms with Crippen LogP contribution in [-0.2, 0) is 17.1 Å². The van der Waals surface area contributed by atoms with Crippen molar-refractivity contribution >= 4 is 17.4 Å². The summed E-state index contributed by atoms with van der Waals surface area (Å²) in [7, 11) is 0. The summed E-state index contributed by atoms with van der Waals surface area (Å²) in [5, 5.41) is 0. The zero-order chi connectivity index (χ0) is 8.97. The van der Waals surface area contributed by atoms with E-state index in [2.05, 4.69) is 4.98 Å². The fraction of sp³-hybridized carbons (Fsp3) is 0.333. The zero-order valence-corrected chi connectivity index (χ0v) is 7.64. The molecule has 0 aromatic carbocycles. The fourth-order valence-electron chi connectivity index (χ4n) is 0.963. The summed E-state index contributed by atoms with van der Waals surface area (Å²) in [5.41, 5.74) is 1.79. The van der Waals surface area contributed by atoms with Gasteiger partial charge < -0.3 is 0 Å². The summed E-state index contributed by atoms with van der Waals surface area (Å²) in [4.78, 5) is 14.8. The standard InChI is InChI=1S/C9H10ClNO/c1-7(12)4-9-5-8(6-10)2-3-11-9/h2-3,5H,4,6H2,1H3. The lowest BCUT2D eigenvalue weighted by atomic mass is 10.2. The molecule has 0 bridgehead atoms. The van der Waals surface area contributed by atoms with Crippen LogP contribution in [0.4, 0.5) is 0 Å². The number of pyridine rings is 1. The van der Waals surface area contributed by atoms with Crippen molar-refractivity contribution in [1.82, 2.24) is 4.98 Å². The number of ketones is 1. The largest absolute Gasteiger partial charge is 0.300 e. The van der Waals surface area contributed by atoms with Gasteiger partial charge in [-0.15, -0.1) is 11.6 Å². The number of nitrogens with zero attached hydrogens (tertiary/aromatic N) is 1. The molecule has 0 fully saturated rings. The number of carbonyl (C=O) groups is 1. The summed E-state index contributed by atoms with van der Waals surface area (Å²) in [6, 6.07) is 3.70. The molecule has 0 saturated heterocycles. The Morgan fingerprint density at radius 3 is 3.00 bits per heavy atom. The molecule has 0 atom stereocenters. The van der Waals surface area contributed by atoms with Gasteiger partial charge in [0.2, 0.25) is 0 Å². The van der Waals surface area contributed by atoms with Gasteiger partial charge in [0, 0.05) is 24.2 Å². The van der Waals surface area contributed by atoms with E-state index in [4.69, 9.17) is 11.6 Å². The van der Waals surface area contributed by atoms with Gasteiger partial charge in [-0.3, -0.25) is 9.78 Å². The molecule has 3 heteroatoms. The third kappa shape index (κ3) is 2.62. The van der Waals surface area contributed by atoms with E-state index in [1.807, 2.05) is 12.1 Å². The highest BCUT2D eigenvalue weighted by Crippen LogP contribution is 2.05. The van der Waals surface area contributed by atoms with E-state index in [0.29, 0.717) is 12.3 Å². The Hall–Kier alpha value is -0.890. The second kappa shape index (κ2) is 4.21. The van der Waals surface area contributed by atoms with Gasteiger partial charge in [-0.2, -0.15) is 0 Å². The molecule has 0 spiro atoms. The molecule has 1 heterocycles. The minimum absolute atomic E-state index is 0.120. The van der Waals surface area contributed by atoms with Crippen LogP contribution in [0, 0.1) is 0 Å². The Bertz CT molecular complexity index is 286. The first kappa shape index (κ1) is 9.20. The number of halogens is 1. The van der Waals surface area contributed by atoms with Crippen molar-refractivity contribution < 1.29 is 4.79 Å². The Morgan fingerprint density at radius 1 is 1.67 bits per heavy atom. The van der Waals surface area contributed by atoms with Crippen molar-refractivity contribution in [2.45, 2.75) is 19.2 Å². The molecule has 0 aliphatic heterocycles. The Kier molecular flexibility index (Phi) is 3.23. The van der Waals surface area contributed by atoms with E-state index < -0.39 is 0 Å². The van der Waals surface area contributed by atoms with Crippen molar-refractivity contribution in [3.63, 3.8) is 0 Å². The van der Waals surface area contributed by atoms with E-state index in [1.54, 1.807) is 13.1 Å². The molecule has 12 heavy (non-hydrogen) atoms. The first-order chi connectivity index (χ1) is 5.72. The summed E-state index contributed by atoms with van der Waals surface area (Å²) < 4.78 is 0. The summed E-state index contributed by atoms with van der Waals surface area (Å²) in [5.74, 6) is 0.585. The molecule has 0 radical (unpaired) electrons. The number of Topliss-reactive ketones (excluding diaryl/α,β-unsaturated/α-hetero) is 1.